The Morgan fingerprint density at radius 3 is 1.67 bits per heavy atom. The van der Waals surface area contributed by atoms with Crippen molar-refractivity contribution in [2.75, 3.05) is 5.73 Å². The van der Waals surface area contributed by atoms with E-state index in [1.165, 1.54) is 5.56 Å². The second-order valence-electron chi connectivity index (χ2n) is 7.75. The molecular formula is C27H25N2O6P. The van der Waals surface area contributed by atoms with Crippen LogP contribution in [0.3, 0.4) is 0 Å². The number of aromatic hydroxyl groups is 1. The molecule has 0 saturated heterocycles. The van der Waals surface area contributed by atoms with Crippen molar-refractivity contribution in [3.8, 4) is 16.9 Å². The topological polar surface area (TPSA) is 167 Å². The van der Waals surface area contributed by atoms with Gasteiger partial charge in [0.15, 0.2) is 0 Å². The summed E-state index contributed by atoms with van der Waals surface area (Å²) in [5, 5.41) is 13.7. The van der Waals surface area contributed by atoms with Crippen molar-refractivity contribution in [1.29, 1.82) is 0 Å². The van der Waals surface area contributed by atoms with E-state index in [2.05, 4.69) is 12.1 Å². The third kappa shape index (κ3) is 7.40. The Morgan fingerprint density at radius 2 is 1.14 bits per heavy atom. The molecule has 0 aliphatic rings. The maximum absolute atomic E-state index is 11.2. The molecular weight excluding hydrogens is 479 g/mol. The zero-order valence-corrected chi connectivity index (χ0v) is 19.9. The molecule has 36 heavy (non-hydrogen) atoms. The van der Waals surface area contributed by atoms with Gasteiger partial charge < -0.3 is 31.3 Å². The van der Waals surface area contributed by atoms with Gasteiger partial charge in [0, 0.05) is 11.3 Å². The van der Waals surface area contributed by atoms with Gasteiger partial charge in [0.05, 0.1) is 5.56 Å². The van der Waals surface area contributed by atoms with Crippen LogP contribution in [0, 0.1) is 0 Å². The monoisotopic (exact) mass is 504 g/mol. The minimum absolute atomic E-state index is 0.0784. The van der Waals surface area contributed by atoms with E-state index in [1.54, 1.807) is 12.1 Å². The number of carbonyl (C=O) groups excluding carboxylic acids is 1. The summed E-state index contributed by atoms with van der Waals surface area (Å²) in [7, 11) is -4.64. The zero-order valence-electron chi connectivity index (χ0n) is 19.0. The highest BCUT2D eigenvalue weighted by molar-refractivity contribution is 7.45. The normalized spacial score (nSPS) is 10.6. The number of fused-ring (bicyclic) bond motifs is 2. The van der Waals surface area contributed by atoms with Crippen LogP contribution in [0.1, 0.15) is 10.4 Å². The van der Waals surface area contributed by atoms with Gasteiger partial charge in [-0.05, 0) is 57.4 Å². The Labute approximate surface area is 207 Å². The number of phosphoric acid groups is 1. The Kier molecular flexibility index (Phi) is 8.42. The van der Waals surface area contributed by atoms with E-state index in [4.69, 9.17) is 30.7 Å². The Bertz CT molecular complexity index is 1540. The lowest BCUT2D eigenvalue weighted by molar-refractivity contribution is 0.0998. The molecule has 8 N–H and O–H groups in total. The molecule has 5 rings (SSSR count). The zero-order chi connectivity index (χ0) is 26.3. The molecule has 1 amide bonds. The van der Waals surface area contributed by atoms with Gasteiger partial charge in [0.2, 0.25) is 0 Å². The van der Waals surface area contributed by atoms with Crippen molar-refractivity contribution in [3.63, 3.8) is 0 Å². The highest BCUT2D eigenvalue weighted by Crippen LogP contribution is 2.29. The van der Waals surface area contributed by atoms with Gasteiger partial charge in [0.25, 0.3) is 5.91 Å². The van der Waals surface area contributed by atoms with Crippen LogP contribution in [-0.4, -0.2) is 25.7 Å². The molecule has 0 atom stereocenters. The number of nitrogens with two attached hydrogens (primary N) is 2. The average Bonchev–Trinajstić information content (AvgIpc) is 2.82. The minimum Gasteiger partial charge on any atom is -0.507 e. The van der Waals surface area contributed by atoms with Crippen molar-refractivity contribution in [2.24, 2.45) is 5.73 Å². The standard InChI is InChI=1S/C15H11NO2.C12H11N.H3O4P/c16-15(18)13-7-11-5-9-3-1-2-4-10(9)6-12(11)8-14(13)17;13-12-9-5-4-8-11(12)10-6-2-1-3-7-10;1-5(2,3)4/h1-8,17H,(H2,16,18);1-9H,13H2;(H3,1,2,3,4). The van der Waals surface area contributed by atoms with Gasteiger partial charge in [-0.3, -0.25) is 4.79 Å². The summed E-state index contributed by atoms with van der Waals surface area (Å²) in [6.07, 6.45) is 0. The van der Waals surface area contributed by atoms with E-state index < -0.39 is 13.7 Å². The van der Waals surface area contributed by atoms with Gasteiger partial charge in [-0.2, -0.15) is 0 Å². The number of para-hydroxylation sites is 1. The quantitative estimate of drug-likeness (QED) is 0.114. The summed E-state index contributed by atoms with van der Waals surface area (Å²) in [4.78, 5) is 32.8. The second-order valence-corrected chi connectivity index (χ2v) is 8.77. The first-order valence-corrected chi connectivity index (χ1v) is 12.2. The van der Waals surface area contributed by atoms with E-state index in [1.807, 2.05) is 78.9 Å². The summed E-state index contributed by atoms with van der Waals surface area (Å²) < 4.78 is 8.88. The Hall–Kier alpha value is -4.20. The number of hydrogen-bond donors (Lipinski definition) is 6. The number of primary amides is 1. The van der Waals surface area contributed by atoms with Crippen LogP contribution < -0.4 is 11.5 Å². The molecule has 5 aromatic carbocycles. The highest BCUT2D eigenvalue weighted by atomic mass is 31.2. The summed E-state index contributed by atoms with van der Waals surface area (Å²) in [6, 6.07) is 33.2. The van der Waals surface area contributed by atoms with E-state index in [0.29, 0.717) is 0 Å². The lowest BCUT2D eigenvalue weighted by Crippen LogP contribution is -2.10. The number of rotatable bonds is 2. The summed E-state index contributed by atoms with van der Waals surface area (Å²) in [6.45, 7) is 0. The molecule has 5 aromatic rings. The maximum Gasteiger partial charge on any atom is 0.466 e. The number of amides is 1. The molecule has 0 saturated carbocycles. The van der Waals surface area contributed by atoms with Crippen LogP contribution in [0.2, 0.25) is 0 Å². The molecule has 8 nitrogen and oxygen atoms in total. The van der Waals surface area contributed by atoms with E-state index in [-0.39, 0.29) is 11.3 Å². The number of anilines is 1. The van der Waals surface area contributed by atoms with Crippen molar-refractivity contribution in [3.05, 3.63) is 109 Å². The van der Waals surface area contributed by atoms with Gasteiger partial charge in [-0.25, -0.2) is 4.57 Å². The molecule has 0 radical (unpaired) electrons. The van der Waals surface area contributed by atoms with E-state index >= 15 is 0 Å². The van der Waals surface area contributed by atoms with Crippen LogP contribution in [-0.2, 0) is 4.57 Å². The molecule has 184 valence electrons. The van der Waals surface area contributed by atoms with Crippen LogP contribution >= 0.6 is 7.82 Å². The fourth-order valence-corrected chi connectivity index (χ4v) is 3.55. The first-order valence-electron chi connectivity index (χ1n) is 10.7. The maximum atomic E-state index is 11.2. The SMILES string of the molecule is NC(=O)c1cc2cc3ccccc3cc2cc1O.Nc1ccccc1-c1ccccc1.O=P(O)(O)O. The molecule has 0 aromatic heterocycles. The van der Waals surface area contributed by atoms with Gasteiger partial charge in [0.1, 0.15) is 5.75 Å². The number of hydrogen-bond acceptors (Lipinski definition) is 4. The Morgan fingerprint density at radius 1 is 0.667 bits per heavy atom. The smallest absolute Gasteiger partial charge is 0.466 e. The van der Waals surface area contributed by atoms with Crippen LogP contribution in [0.15, 0.2) is 103 Å². The lowest BCUT2D eigenvalue weighted by Gasteiger charge is -2.06. The highest BCUT2D eigenvalue weighted by Gasteiger charge is 2.09. The van der Waals surface area contributed by atoms with Crippen LogP contribution in [0.5, 0.6) is 5.75 Å². The first-order chi connectivity index (χ1) is 17.0. The average molecular weight is 504 g/mol. The Balaban J connectivity index is 0.000000176. The number of phenols is 1. The van der Waals surface area contributed by atoms with Gasteiger partial charge >= 0.3 is 7.82 Å². The van der Waals surface area contributed by atoms with Crippen molar-refractivity contribution in [2.45, 2.75) is 0 Å². The molecule has 0 aliphatic heterocycles. The predicted octanol–water partition coefficient (Wildman–Crippen LogP) is 4.80. The minimum atomic E-state index is -4.64. The lowest BCUT2D eigenvalue weighted by atomic mass is 10.0. The largest absolute Gasteiger partial charge is 0.507 e. The number of benzene rings is 5. The molecule has 0 unspecified atom stereocenters. The van der Waals surface area contributed by atoms with E-state index in [9.17, 15) is 9.90 Å². The fraction of sp³-hybridized carbons (Fsp3) is 0. The summed E-state index contributed by atoms with van der Waals surface area (Å²) >= 11 is 0. The van der Waals surface area contributed by atoms with Crippen molar-refractivity contribution >= 4 is 41.0 Å². The molecule has 0 spiro atoms. The van der Waals surface area contributed by atoms with Gasteiger partial charge in [-0.1, -0.05) is 72.8 Å². The summed E-state index contributed by atoms with van der Waals surface area (Å²) in [5.41, 5.74) is 14.3. The second kappa shape index (κ2) is 11.5. The predicted molar refractivity (Wildman–Crippen MR) is 142 cm³/mol. The number of carbonyl (C=O) groups is 1. The molecule has 0 bridgehead atoms. The fourth-order valence-electron chi connectivity index (χ4n) is 3.55. The number of nitrogen functional groups attached to an aromatic ring is 1. The van der Waals surface area contributed by atoms with Crippen LogP contribution in [0.25, 0.3) is 32.7 Å². The van der Waals surface area contributed by atoms with Crippen LogP contribution in [0.4, 0.5) is 5.69 Å². The molecule has 0 fully saturated rings. The molecule has 0 heterocycles. The molecule has 9 heteroatoms. The summed E-state index contributed by atoms with van der Waals surface area (Å²) in [5.74, 6) is -0.701. The van der Waals surface area contributed by atoms with Gasteiger partial charge in [-0.15, -0.1) is 0 Å². The third-order valence-electron chi connectivity index (χ3n) is 5.13. The molecule has 0 aliphatic carbocycles. The van der Waals surface area contributed by atoms with E-state index in [0.717, 1.165) is 32.8 Å². The third-order valence-corrected chi connectivity index (χ3v) is 5.13. The first kappa shape index (κ1) is 26.4. The van der Waals surface area contributed by atoms with Crippen molar-refractivity contribution < 1.29 is 29.1 Å². The van der Waals surface area contributed by atoms with Crippen molar-refractivity contribution in [1.82, 2.24) is 0 Å².